The Labute approximate surface area is 194 Å². The molecule has 0 saturated heterocycles. The molecule has 0 aliphatic carbocycles. The van der Waals surface area contributed by atoms with Crippen molar-refractivity contribution in [1.82, 2.24) is 10.7 Å². The molecule has 0 bridgehead atoms. The molecule has 0 aromatic heterocycles. The number of carbonyl (C=O) groups excluding carboxylic acids is 3. The van der Waals surface area contributed by atoms with Crippen LogP contribution >= 0.6 is 15.9 Å². The molecule has 0 aliphatic rings. The summed E-state index contributed by atoms with van der Waals surface area (Å²) in [6.07, 6.45) is 2.79. The molecule has 0 saturated carbocycles. The Morgan fingerprint density at radius 3 is 2.66 bits per heavy atom. The predicted molar refractivity (Wildman–Crippen MR) is 125 cm³/mol. The monoisotopic (exact) mass is 502 g/mol. The van der Waals surface area contributed by atoms with Crippen LogP contribution in [0.1, 0.15) is 11.1 Å². The van der Waals surface area contributed by atoms with Gasteiger partial charge in [-0.15, -0.1) is 6.58 Å². The minimum absolute atomic E-state index is 0.171. The maximum Gasteiger partial charge on any atom is 0.329 e. The second-order valence-corrected chi connectivity index (χ2v) is 7.29. The molecule has 9 nitrogen and oxygen atoms in total. The molecule has 10 heteroatoms. The van der Waals surface area contributed by atoms with Gasteiger partial charge in [0.05, 0.1) is 17.8 Å². The third kappa shape index (κ3) is 7.55. The Bertz CT molecular complexity index is 1040. The van der Waals surface area contributed by atoms with Gasteiger partial charge in [-0.3, -0.25) is 14.4 Å². The maximum atomic E-state index is 12.2. The van der Waals surface area contributed by atoms with E-state index in [1.807, 2.05) is 25.1 Å². The number of carbonyl (C=O) groups is 3. The van der Waals surface area contributed by atoms with Crippen LogP contribution in [0.5, 0.6) is 11.5 Å². The summed E-state index contributed by atoms with van der Waals surface area (Å²) < 4.78 is 11.5. The normalized spacial score (nSPS) is 10.3. The van der Waals surface area contributed by atoms with E-state index in [1.165, 1.54) is 19.4 Å². The third-order valence-corrected chi connectivity index (χ3v) is 4.48. The van der Waals surface area contributed by atoms with Gasteiger partial charge in [0.2, 0.25) is 0 Å². The van der Waals surface area contributed by atoms with Crippen molar-refractivity contribution < 1.29 is 23.9 Å². The van der Waals surface area contributed by atoms with Gasteiger partial charge in [0.25, 0.3) is 5.91 Å². The number of halogens is 1. The van der Waals surface area contributed by atoms with Crippen molar-refractivity contribution in [3.05, 3.63) is 64.7 Å². The number of rotatable bonds is 9. The largest absolute Gasteiger partial charge is 0.493 e. The van der Waals surface area contributed by atoms with Gasteiger partial charge >= 0.3 is 11.8 Å². The highest BCUT2D eigenvalue weighted by Gasteiger charge is 2.14. The molecule has 0 unspecified atom stereocenters. The molecule has 0 heterocycles. The number of aryl methyl sites for hydroxylation is 1. The van der Waals surface area contributed by atoms with Crippen molar-refractivity contribution >= 4 is 45.6 Å². The zero-order valence-electron chi connectivity index (χ0n) is 17.6. The molecule has 0 aliphatic heterocycles. The summed E-state index contributed by atoms with van der Waals surface area (Å²) in [5, 5.41) is 8.85. The van der Waals surface area contributed by atoms with Crippen molar-refractivity contribution in [3.8, 4) is 11.5 Å². The minimum Gasteiger partial charge on any atom is -0.493 e. The summed E-state index contributed by atoms with van der Waals surface area (Å²) >= 11 is 3.38. The predicted octanol–water partition coefficient (Wildman–Crippen LogP) is 2.54. The van der Waals surface area contributed by atoms with Gasteiger partial charge in [-0.1, -0.05) is 18.2 Å². The van der Waals surface area contributed by atoms with E-state index in [0.717, 1.165) is 5.56 Å². The Morgan fingerprint density at radius 1 is 1.19 bits per heavy atom. The lowest BCUT2D eigenvalue weighted by molar-refractivity contribution is -0.139. The first-order chi connectivity index (χ1) is 15.3. The second kappa shape index (κ2) is 12.3. The first-order valence-electron chi connectivity index (χ1n) is 9.43. The molecule has 2 aromatic carbocycles. The highest BCUT2D eigenvalue weighted by Crippen LogP contribution is 2.36. The third-order valence-electron chi connectivity index (χ3n) is 3.89. The molecule has 2 aromatic rings. The number of nitrogens with zero attached hydrogens (tertiary/aromatic N) is 1. The van der Waals surface area contributed by atoms with Crippen LogP contribution in [0, 0.1) is 6.92 Å². The van der Waals surface area contributed by atoms with Gasteiger partial charge in [-0.25, -0.2) is 5.43 Å². The summed E-state index contributed by atoms with van der Waals surface area (Å²) in [7, 11) is 1.45. The van der Waals surface area contributed by atoms with Crippen LogP contribution in [0.15, 0.2) is 58.6 Å². The molecule has 32 heavy (non-hydrogen) atoms. The van der Waals surface area contributed by atoms with E-state index >= 15 is 0 Å². The van der Waals surface area contributed by atoms with Crippen molar-refractivity contribution in [2.75, 3.05) is 25.6 Å². The summed E-state index contributed by atoms with van der Waals surface area (Å²) in [6, 6.07) is 10.7. The summed E-state index contributed by atoms with van der Waals surface area (Å²) in [4.78, 5) is 35.3. The van der Waals surface area contributed by atoms with Crippen molar-refractivity contribution in [2.24, 2.45) is 5.10 Å². The molecular formula is C22H23BrN4O5. The number of nitrogens with one attached hydrogen (secondary N) is 3. The molecule has 0 atom stereocenters. The zero-order valence-corrected chi connectivity index (χ0v) is 19.2. The Kier molecular flexibility index (Phi) is 9.43. The number of hydrogen-bond acceptors (Lipinski definition) is 6. The molecule has 168 valence electrons. The first kappa shape index (κ1) is 24.6. The van der Waals surface area contributed by atoms with Crippen LogP contribution in [0.3, 0.4) is 0 Å². The smallest absolute Gasteiger partial charge is 0.329 e. The quantitative estimate of drug-likeness (QED) is 0.210. The second-order valence-electron chi connectivity index (χ2n) is 6.44. The Morgan fingerprint density at radius 2 is 1.97 bits per heavy atom. The lowest BCUT2D eigenvalue weighted by Gasteiger charge is -2.13. The number of benzene rings is 2. The molecular weight excluding hydrogens is 480 g/mol. The van der Waals surface area contributed by atoms with Crippen molar-refractivity contribution in [2.45, 2.75) is 6.92 Å². The average molecular weight is 503 g/mol. The van der Waals surface area contributed by atoms with Crippen LogP contribution in [-0.4, -0.2) is 44.2 Å². The lowest BCUT2D eigenvalue weighted by Crippen LogP contribution is -2.37. The Balaban J connectivity index is 2.00. The molecule has 0 spiro atoms. The van der Waals surface area contributed by atoms with E-state index < -0.39 is 11.8 Å². The fourth-order valence-corrected chi connectivity index (χ4v) is 3.05. The van der Waals surface area contributed by atoms with Gasteiger partial charge in [-0.05, 0) is 58.2 Å². The van der Waals surface area contributed by atoms with Crippen LogP contribution < -0.4 is 25.5 Å². The molecule has 2 rings (SSSR count). The Hall–Kier alpha value is -3.66. The number of anilines is 1. The van der Waals surface area contributed by atoms with Gasteiger partial charge in [0, 0.05) is 12.2 Å². The van der Waals surface area contributed by atoms with Crippen LogP contribution in [-0.2, 0) is 14.4 Å². The first-order valence-corrected chi connectivity index (χ1v) is 10.2. The SMILES string of the molecule is C=CCNC(=O)C(=O)N/N=C\c1cc(Br)c(OCC(=O)Nc2cccc(C)c2)c(OC)c1. The number of amides is 3. The highest BCUT2D eigenvalue weighted by molar-refractivity contribution is 9.10. The minimum atomic E-state index is -0.909. The molecule has 3 amide bonds. The average Bonchev–Trinajstić information content (AvgIpc) is 2.76. The van der Waals surface area contributed by atoms with Crippen molar-refractivity contribution in [1.29, 1.82) is 0 Å². The van der Waals surface area contributed by atoms with E-state index in [0.29, 0.717) is 27.2 Å². The lowest BCUT2D eigenvalue weighted by atomic mass is 10.2. The van der Waals surface area contributed by atoms with Gasteiger partial charge in [-0.2, -0.15) is 5.10 Å². The zero-order chi connectivity index (χ0) is 23.5. The van der Waals surface area contributed by atoms with E-state index in [9.17, 15) is 14.4 Å². The molecule has 3 N–H and O–H groups in total. The van der Waals surface area contributed by atoms with Gasteiger partial charge in [0.15, 0.2) is 18.1 Å². The topological polar surface area (TPSA) is 118 Å². The fraction of sp³-hybridized carbons (Fsp3) is 0.182. The number of hydrazone groups is 1. The summed E-state index contributed by atoms with van der Waals surface area (Å²) in [5.74, 6) is -1.38. The number of hydrogen-bond donors (Lipinski definition) is 3. The number of ether oxygens (including phenoxy) is 2. The molecule has 0 fully saturated rings. The summed E-state index contributed by atoms with van der Waals surface area (Å²) in [5.41, 5.74) is 4.38. The van der Waals surface area contributed by atoms with Gasteiger partial charge < -0.3 is 20.1 Å². The standard InChI is InChI=1S/C22H23BrN4O5/c1-4-8-24-21(29)22(30)27-25-12-15-10-17(23)20(18(11-15)31-3)32-13-19(28)26-16-7-5-6-14(2)9-16/h4-7,9-12H,1,8,13H2,2-3H3,(H,24,29)(H,26,28)(H,27,30)/b25-12-. The number of methoxy groups -OCH3 is 1. The van der Waals surface area contributed by atoms with Crippen molar-refractivity contribution in [3.63, 3.8) is 0 Å². The van der Waals surface area contributed by atoms with E-state index in [1.54, 1.807) is 18.2 Å². The highest BCUT2D eigenvalue weighted by atomic mass is 79.9. The van der Waals surface area contributed by atoms with Crippen LogP contribution in [0.25, 0.3) is 0 Å². The van der Waals surface area contributed by atoms with Crippen LogP contribution in [0.4, 0.5) is 5.69 Å². The fourth-order valence-electron chi connectivity index (χ4n) is 2.47. The van der Waals surface area contributed by atoms with Gasteiger partial charge in [0.1, 0.15) is 0 Å². The van der Waals surface area contributed by atoms with E-state index in [2.05, 4.69) is 43.7 Å². The molecule has 0 radical (unpaired) electrons. The van der Waals surface area contributed by atoms with Crippen LogP contribution in [0.2, 0.25) is 0 Å². The summed E-state index contributed by atoms with van der Waals surface area (Å²) in [6.45, 7) is 5.32. The van der Waals surface area contributed by atoms with E-state index in [4.69, 9.17) is 9.47 Å². The maximum absolute atomic E-state index is 12.2. The van der Waals surface area contributed by atoms with E-state index in [-0.39, 0.29) is 19.1 Å².